The number of hydrogen-bond acceptors (Lipinski definition) is 2. The van der Waals surface area contributed by atoms with Gasteiger partial charge in [-0.3, -0.25) is 9.59 Å². The molecule has 0 bridgehead atoms. The van der Waals surface area contributed by atoms with E-state index >= 15 is 0 Å². The maximum Gasteiger partial charge on any atom is 0.191 e. The summed E-state index contributed by atoms with van der Waals surface area (Å²) >= 11 is 0. The van der Waals surface area contributed by atoms with Gasteiger partial charge in [0.15, 0.2) is 11.6 Å². The van der Waals surface area contributed by atoms with Gasteiger partial charge in [-0.15, -0.1) is 0 Å². The lowest BCUT2D eigenvalue weighted by atomic mass is 9.72. The molecule has 0 heterocycles. The van der Waals surface area contributed by atoms with Gasteiger partial charge in [0.05, 0.1) is 0 Å². The van der Waals surface area contributed by atoms with Gasteiger partial charge in [0.1, 0.15) is 0 Å². The maximum atomic E-state index is 12.8. The second kappa shape index (κ2) is 5.44. The first-order valence-electron chi connectivity index (χ1n) is 7.37. The largest absolute Gasteiger partial charge is 0.289 e. The fourth-order valence-electron chi connectivity index (χ4n) is 3.07. The first-order valence-corrected chi connectivity index (χ1v) is 7.37. The van der Waals surface area contributed by atoms with Gasteiger partial charge in [-0.25, -0.2) is 0 Å². The summed E-state index contributed by atoms with van der Waals surface area (Å²) in [7, 11) is 0. The summed E-state index contributed by atoms with van der Waals surface area (Å²) < 4.78 is 0. The van der Waals surface area contributed by atoms with Crippen LogP contribution in [0.25, 0.3) is 0 Å². The lowest BCUT2D eigenvalue weighted by Crippen LogP contribution is -2.29. The summed E-state index contributed by atoms with van der Waals surface area (Å²) in [6, 6.07) is 7.08. The molecule has 1 aliphatic rings. The molecule has 0 fully saturated rings. The minimum absolute atomic E-state index is 0.0205. The summed E-state index contributed by atoms with van der Waals surface area (Å²) in [5.41, 5.74) is 3.03. The van der Waals surface area contributed by atoms with Crippen LogP contribution in [0, 0.1) is 5.41 Å². The van der Waals surface area contributed by atoms with Crippen molar-refractivity contribution < 1.29 is 9.59 Å². The van der Waals surface area contributed by atoms with Crippen LogP contribution >= 0.6 is 0 Å². The summed E-state index contributed by atoms with van der Waals surface area (Å²) in [5, 5.41) is 0. The van der Waals surface area contributed by atoms with E-state index in [0.29, 0.717) is 22.3 Å². The minimum Gasteiger partial charge on any atom is -0.289 e. The second-order valence-corrected chi connectivity index (χ2v) is 6.27. The van der Waals surface area contributed by atoms with Gasteiger partial charge in [0.2, 0.25) is 0 Å². The third-order valence-corrected chi connectivity index (χ3v) is 4.17. The number of allylic oxidation sites excluding steroid dienone is 4. The Morgan fingerprint density at radius 2 is 1.62 bits per heavy atom. The van der Waals surface area contributed by atoms with Crippen molar-refractivity contribution in [2.75, 3.05) is 0 Å². The lowest BCUT2D eigenvalue weighted by molar-refractivity contribution is 0.0960. The summed E-state index contributed by atoms with van der Waals surface area (Å²) in [4.78, 5) is 25.4. The maximum absolute atomic E-state index is 12.8. The molecule has 0 saturated carbocycles. The Kier molecular flexibility index (Phi) is 3.99. The average Bonchev–Trinajstić information content (AvgIpc) is 2.44. The zero-order valence-electron chi connectivity index (χ0n) is 13.4. The molecule has 21 heavy (non-hydrogen) atoms. The number of hydrogen-bond donors (Lipinski definition) is 0. The molecule has 0 saturated heterocycles. The van der Waals surface area contributed by atoms with Crippen molar-refractivity contribution in [2.45, 2.75) is 41.0 Å². The number of ketones is 2. The standard InChI is InChI=1S/C19H22O2/c1-6-12(2)11-19(4,5)16-13(3)17(20)14-9-7-8-10-15(14)18(16)21/h7-11H,6H2,1-5H3/b12-11+. The third-order valence-electron chi connectivity index (χ3n) is 4.17. The van der Waals surface area contributed by atoms with Crippen molar-refractivity contribution in [3.05, 3.63) is 58.2 Å². The normalized spacial score (nSPS) is 16.3. The highest BCUT2D eigenvalue weighted by Gasteiger charge is 2.36. The lowest BCUT2D eigenvalue weighted by Gasteiger charge is -2.30. The first-order chi connectivity index (χ1) is 9.79. The van der Waals surface area contributed by atoms with Gasteiger partial charge >= 0.3 is 0 Å². The highest BCUT2D eigenvalue weighted by molar-refractivity contribution is 6.27. The Morgan fingerprint density at radius 1 is 1.10 bits per heavy atom. The molecule has 0 radical (unpaired) electrons. The average molecular weight is 282 g/mol. The molecule has 0 amide bonds. The Balaban J connectivity index is 2.62. The van der Waals surface area contributed by atoms with E-state index in [0.717, 1.165) is 6.42 Å². The third kappa shape index (κ3) is 2.63. The van der Waals surface area contributed by atoms with Gasteiger partial charge in [-0.1, -0.05) is 56.7 Å². The Hall–Kier alpha value is -1.96. The molecule has 0 unspecified atom stereocenters. The second-order valence-electron chi connectivity index (χ2n) is 6.27. The van der Waals surface area contributed by atoms with Crippen LogP contribution in [0.2, 0.25) is 0 Å². The SMILES string of the molecule is CC/C(C)=C/C(C)(C)C1=C(C)C(=O)c2ccccc2C1=O. The number of Topliss-reactive ketones (excluding diaryl/α,β-unsaturated/α-hetero) is 2. The van der Waals surface area contributed by atoms with Crippen molar-refractivity contribution in [3.63, 3.8) is 0 Å². The number of carbonyl (C=O) groups is 2. The van der Waals surface area contributed by atoms with Crippen molar-refractivity contribution in [3.8, 4) is 0 Å². The van der Waals surface area contributed by atoms with Gasteiger partial charge in [0, 0.05) is 27.7 Å². The summed E-state index contributed by atoms with van der Waals surface area (Å²) in [5.74, 6) is -0.0521. The monoisotopic (exact) mass is 282 g/mol. The van der Waals surface area contributed by atoms with E-state index in [1.54, 1.807) is 25.1 Å². The molecule has 110 valence electrons. The minimum atomic E-state index is -0.440. The van der Waals surface area contributed by atoms with Crippen LogP contribution in [0.1, 0.15) is 61.8 Å². The highest BCUT2D eigenvalue weighted by Crippen LogP contribution is 2.38. The summed E-state index contributed by atoms with van der Waals surface area (Å²) in [6.45, 7) is 9.92. The van der Waals surface area contributed by atoms with E-state index in [1.807, 2.05) is 19.9 Å². The molecule has 2 nitrogen and oxygen atoms in total. The molecule has 0 N–H and O–H groups in total. The van der Waals surface area contributed by atoms with E-state index in [1.165, 1.54) is 5.57 Å². The smallest absolute Gasteiger partial charge is 0.191 e. The van der Waals surface area contributed by atoms with Crippen LogP contribution in [0.3, 0.4) is 0 Å². The zero-order chi connectivity index (χ0) is 15.8. The van der Waals surface area contributed by atoms with E-state index in [-0.39, 0.29) is 11.6 Å². The molecule has 1 aliphatic carbocycles. The van der Waals surface area contributed by atoms with Crippen molar-refractivity contribution in [2.24, 2.45) is 5.41 Å². The van der Waals surface area contributed by atoms with Gasteiger partial charge in [-0.2, -0.15) is 0 Å². The molecular formula is C19H22O2. The van der Waals surface area contributed by atoms with E-state index in [9.17, 15) is 9.59 Å². The zero-order valence-corrected chi connectivity index (χ0v) is 13.4. The van der Waals surface area contributed by atoms with Crippen LogP contribution in [0.15, 0.2) is 47.1 Å². The molecule has 0 aliphatic heterocycles. The van der Waals surface area contributed by atoms with Crippen molar-refractivity contribution in [1.29, 1.82) is 0 Å². The molecule has 1 aromatic rings. The quantitative estimate of drug-likeness (QED) is 0.749. The molecule has 1 aromatic carbocycles. The Bertz CT molecular complexity index is 673. The van der Waals surface area contributed by atoms with Crippen LogP contribution in [-0.4, -0.2) is 11.6 Å². The number of carbonyl (C=O) groups excluding carboxylic acids is 2. The van der Waals surface area contributed by atoms with Crippen LogP contribution in [0.4, 0.5) is 0 Å². The highest BCUT2D eigenvalue weighted by atomic mass is 16.1. The Morgan fingerprint density at radius 3 is 2.14 bits per heavy atom. The van der Waals surface area contributed by atoms with Gasteiger partial charge in [0.25, 0.3) is 0 Å². The van der Waals surface area contributed by atoms with Crippen LogP contribution in [-0.2, 0) is 0 Å². The number of fused-ring (bicyclic) bond motifs is 1. The topological polar surface area (TPSA) is 34.1 Å². The molecule has 2 rings (SSSR count). The van der Waals surface area contributed by atoms with Crippen molar-refractivity contribution in [1.82, 2.24) is 0 Å². The predicted molar refractivity (Wildman–Crippen MR) is 85.6 cm³/mol. The van der Waals surface area contributed by atoms with E-state index < -0.39 is 5.41 Å². The van der Waals surface area contributed by atoms with E-state index in [4.69, 9.17) is 0 Å². The summed E-state index contributed by atoms with van der Waals surface area (Å²) in [6.07, 6.45) is 3.04. The predicted octanol–water partition coefficient (Wildman–Crippen LogP) is 4.76. The molecule has 0 atom stereocenters. The molecule has 0 aromatic heterocycles. The van der Waals surface area contributed by atoms with E-state index in [2.05, 4.69) is 19.9 Å². The fourth-order valence-corrected chi connectivity index (χ4v) is 3.07. The van der Waals surface area contributed by atoms with Crippen molar-refractivity contribution >= 4 is 11.6 Å². The fraction of sp³-hybridized carbons (Fsp3) is 0.368. The van der Waals surface area contributed by atoms with Gasteiger partial charge in [-0.05, 0) is 20.3 Å². The first kappa shape index (κ1) is 15.4. The molecular weight excluding hydrogens is 260 g/mol. The van der Waals surface area contributed by atoms with Crippen LogP contribution < -0.4 is 0 Å². The Labute approximate surface area is 126 Å². The number of benzene rings is 1. The molecule has 2 heteroatoms. The number of rotatable bonds is 3. The molecule has 0 spiro atoms. The van der Waals surface area contributed by atoms with Crippen LogP contribution in [0.5, 0.6) is 0 Å². The van der Waals surface area contributed by atoms with Gasteiger partial charge < -0.3 is 0 Å².